The van der Waals surface area contributed by atoms with Crippen molar-refractivity contribution in [2.24, 2.45) is 0 Å². The summed E-state index contributed by atoms with van der Waals surface area (Å²) in [6.45, 7) is 1.82. The largest absolute Gasteiger partial charge is 0.399 e. The van der Waals surface area contributed by atoms with Crippen LogP contribution < -0.4 is 10.5 Å². The van der Waals surface area contributed by atoms with Gasteiger partial charge >= 0.3 is 0 Å². The van der Waals surface area contributed by atoms with Gasteiger partial charge in [-0.2, -0.15) is 4.72 Å². The van der Waals surface area contributed by atoms with E-state index in [1.165, 1.54) is 6.20 Å². The summed E-state index contributed by atoms with van der Waals surface area (Å²) in [6, 6.07) is 4.55. The Morgan fingerprint density at radius 1 is 1.53 bits per heavy atom. The fourth-order valence-corrected chi connectivity index (χ4v) is 3.23. The van der Waals surface area contributed by atoms with Gasteiger partial charge < -0.3 is 10.7 Å². The van der Waals surface area contributed by atoms with Crippen molar-refractivity contribution in [1.29, 1.82) is 0 Å². The molecule has 1 atom stereocenters. The molecule has 0 aliphatic carbocycles. The van der Waals surface area contributed by atoms with Gasteiger partial charge in [-0.05, 0) is 24.6 Å². The smallest absolute Gasteiger partial charge is 0.243 e. The Bertz CT molecular complexity index is 741. The molecule has 2 aromatic rings. The molecule has 1 heterocycles. The fourth-order valence-electron chi connectivity index (χ4n) is 1.82. The van der Waals surface area contributed by atoms with Gasteiger partial charge in [0, 0.05) is 22.8 Å². The second-order valence-corrected chi connectivity index (χ2v) is 5.89. The molecule has 100 valence electrons. The van der Waals surface area contributed by atoms with Crippen LogP contribution in [0.3, 0.4) is 0 Å². The lowest BCUT2D eigenvalue weighted by atomic mass is 10.2. The number of hydrogen-bond donors (Lipinski definition) is 3. The van der Waals surface area contributed by atoms with Crippen molar-refractivity contribution in [1.82, 2.24) is 9.71 Å². The fraction of sp³-hybridized carbons (Fsp3) is 0.231. The van der Waals surface area contributed by atoms with Crippen molar-refractivity contribution in [3.63, 3.8) is 0 Å². The molecule has 19 heavy (non-hydrogen) atoms. The average molecular weight is 277 g/mol. The zero-order chi connectivity index (χ0) is 14.0. The number of nitrogens with one attached hydrogen (secondary N) is 2. The second-order valence-electron chi connectivity index (χ2n) is 4.21. The number of terminal acetylenes is 1. The molecule has 5 nitrogen and oxygen atoms in total. The van der Waals surface area contributed by atoms with Crippen LogP contribution in [0.4, 0.5) is 5.69 Å². The molecular formula is C13H15N3O2S. The first kappa shape index (κ1) is 13.5. The molecule has 2 rings (SSSR count). The summed E-state index contributed by atoms with van der Waals surface area (Å²) in [5.41, 5.74) is 6.91. The van der Waals surface area contributed by atoms with Crippen molar-refractivity contribution >= 4 is 26.6 Å². The Balaban J connectivity index is 2.49. The van der Waals surface area contributed by atoms with Crippen molar-refractivity contribution in [3.8, 4) is 12.3 Å². The zero-order valence-electron chi connectivity index (χ0n) is 10.5. The highest BCUT2D eigenvalue weighted by molar-refractivity contribution is 7.89. The molecule has 1 aromatic heterocycles. The maximum Gasteiger partial charge on any atom is 0.243 e. The number of aromatic amines is 1. The summed E-state index contributed by atoms with van der Waals surface area (Å²) in [6.07, 6.45) is 7.24. The van der Waals surface area contributed by atoms with E-state index in [1.807, 2.05) is 6.92 Å². The van der Waals surface area contributed by atoms with Crippen LogP contribution in [0.5, 0.6) is 0 Å². The molecule has 0 saturated carbocycles. The second kappa shape index (κ2) is 4.96. The van der Waals surface area contributed by atoms with Crippen molar-refractivity contribution in [2.45, 2.75) is 24.3 Å². The molecule has 0 fully saturated rings. The highest BCUT2D eigenvalue weighted by Gasteiger charge is 2.21. The molecular weight excluding hydrogens is 262 g/mol. The maximum absolute atomic E-state index is 12.3. The van der Waals surface area contributed by atoms with E-state index in [9.17, 15) is 8.42 Å². The molecule has 0 saturated heterocycles. The van der Waals surface area contributed by atoms with Crippen LogP contribution in [0.25, 0.3) is 10.9 Å². The lowest BCUT2D eigenvalue weighted by Crippen LogP contribution is -2.33. The van der Waals surface area contributed by atoms with E-state index in [0.717, 1.165) is 0 Å². The van der Waals surface area contributed by atoms with Gasteiger partial charge in [-0.3, -0.25) is 0 Å². The maximum atomic E-state index is 12.3. The minimum absolute atomic E-state index is 0.156. The lowest BCUT2D eigenvalue weighted by molar-refractivity contribution is 0.571. The van der Waals surface area contributed by atoms with Gasteiger partial charge in [0.2, 0.25) is 10.0 Å². The molecule has 0 aliphatic rings. The Morgan fingerprint density at radius 2 is 2.26 bits per heavy atom. The van der Waals surface area contributed by atoms with Crippen LogP contribution in [0, 0.1) is 12.3 Å². The summed E-state index contributed by atoms with van der Waals surface area (Å²) in [5.74, 6) is 2.40. The summed E-state index contributed by atoms with van der Waals surface area (Å²) in [5, 5.41) is 0.555. The molecule has 4 N–H and O–H groups in total. The van der Waals surface area contributed by atoms with Crippen molar-refractivity contribution in [2.75, 3.05) is 5.73 Å². The minimum atomic E-state index is -3.66. The van der Waals surface area contributed by atoms with Crippen LogP contribution in [0.1, 0.15) is 13.3 Å². The van der Waals surface area contributed by atoms with Gasteiger partial charge in [-0.15, -0.1) is 6.42 Å². The topological polar surface area (TPSA) is 88.0 Å². The number of nitrogens with two attached hydrogens (primary N) is 1. The molecule has 1 unspecified atom stereocenters. The highest BCUT2D eigenvalue weighted by atomic mass is 32.2. The molecule has 0 aliphatic heterocycles. The molecule has 1 aromatic carbocycles. The first-order valence-electron chi connectivity index (χ1n) is 5.83. The minimum Gasteiger partial charge on any atom is -0.399 e. The van der Waals surface area contributed by atoms with Crippen LogP contribution >= 0.6 is 0 Å². The van der Waals surface area contributed by atoms with Gasteiger partial charge in [0.1, 0.15) is 4.90 Å². The first-order chi connectivity index (χ1) is 8.97. The van der Waals surface area contributed by atoms with E-state index in [0.29, 0.717) is 23.0 Å². The number of H-pyrrole nitrogens is 1. The number of aromatic nitrogens is 1. The number of benzene rings is 1. The normalized spacial score (nSPS) is 13.3. The number of hydrogen-bond acceptors (Lipinski definition) is 3. The van der Waals surface area contributed by atoms with Crippen molar-refractivity contribution in [3.05, 3.63) is 24.4 Å². The van der Waals surface area contributed by atoms with E-state index in [2.05, 4.69) is 15.6 Å². The summed E-state index contributed by atoms with van der Waals surface area (Å²) >= 11 is 0. The van der Waals surface area contributed by atoms with Crippen LogP contribution in [-0.2, 0) is 10.0 Å². The molecule has 0 radical (unpaired) electrons. The van der Waals surface area contributed by atoms with Gasteiger partial charge in [0.25, 0.3) is 0 Å². The van der Waals surface area contributed by atoms with Crippen LogP contribution in [0.15, 0.2) is 29.3 Å². The third-order valence-corrected chi connectivity index (χ3v) is 4.38. The van der Waals surface area contributed by atoms with E-state index in [-0.39, 0.29) is 4.90 Å². The standard InChI is InChI=1S/C13H15N3O2S/c1-3-10(4-2)16-19(17,18)13-8-15-12-6-5-9(14)7-11(12)13/h1,5-8,10,15-16H,4,14H2,2H3. The van der Waals surface area contributed by atoms with E-state index < -0.39 is 16.1 Å². The van der Waals surface area contributed by atoms with Crippen LogP contribution in [-0.4, -0.2) is 19.4 Å². The number of rotatable bonds is 4. The number of nitrogen functional groups attached to an aromatic ring is 1. The number of sulfonamides is 1. The van der Waals surface area contributed by atoms with E-state index in [1.54, 1.807) is 18.2 Å². The molecule has 0 spiro atoms. The van der Waals surface area contributed by atoms with Gasteiger partial charge in [0.05, 0.1) is 6.04 Å². The Morgan fingerprint density at radius 3 is 2.89 bits per heavy atom. The Kier molecular flexibility index (Phi) is 3.51. The monoisotopic (exact) mass is 277 g/mol. The highest BCUT2D eigenvalue weighted by Crippen LogP contribution is 2.24. The molecule has 6 heteroatoms. The molecule has 0 amide bonds. The Labute approximate surface area is 112 Å². The quantitative estimate of drug-likeness (QED) is 0.583. The van der Waals surface area contributed by atoms with Gasteiger partial charge in [-0.1, -0.05) is 12.8 Å². The van der Waals surface area contributed by atoms with E-state index in [4.69, 9.17) is 12.2 Å². The van der Waals surface area contributed by atoms with Crippen molar-refractivity contribution < 1.29 is 8.42 Å². The Hall–Kier alpha value is -1.97. The van der Waals surface area contributed by atoms with Gasteiger partial charge in [0.15, 0.2) is 0 Å². The van der Waals surface area contributed by atoms with E-state index >= 15 is 0 Å². The predicted molar refractivity (Wildman–Crippen MR) is 75.9 cm³/mol. The third-order valence-electron chi connectivity index (χ3n) is 2.86. The van der Waals surface area contributed by atoms with Crippen LogP contribution in [0.2, 0.25) is 0 Å². The SMILES string of the molecule is C#CC(CC)NS(=O)(=O)c1c[nH]c2ccc(N)cc12. The zero-order valence-corrected chi connectivity index (χ0v) is 11.3. The lowest BCUT2D eigenvalue weighted by Gasteiger charge is -2.10. The third kappa shape index (κ3) is 2.57. The number of anilines is 1. The molecule has 0 bridgehead atoms. The summed E-state index contributed by atoms with van der Waals surface area (Å²) < 4.78 is 27.0. The summed E-state index contributed by atoms with van der Waals surface area (Å²) in [7, 11) is -3.66. The number of fused-ring (bicyclic) bond motifs is 1. The predicted octanol–water partition coefficient (Wildman–Crippen LogP) is 1.44. The summed E-state index contributed by atoms with van der Waals surface area (Å²) in [4.78, 5) is 3.06. The average Bonchev–Trinajstić information content (AvgIpc) is 2.79. The van der Waals surface area contributed by atoms with Gasteiger partial charge in [-0.25, -0.2) is 8.42 Å². The first-order valence-corrected chi connectivity index (χ1v) is 7.31.